The fourth-order valence-electron chi connectivity index (χ4n) is 3.77. The molecular weight excluding hydrogens is 385 g/mol. The summed E-state index contributed by atoms with van der Waals surface area (Å²) in [4.78, 5) is 15.5. The molecular formula is C21H27F3N2O3. The van der Waals surface area contributed by atoms with Crippen molar-refractivity contribution in [2.24, 2.45) is 13.0 Å². The highest BCUT2D eigenvalue weighted by Crippen LogP contribution is 2.33. The van der Waals surface area contributed by atoms with Crippen LogP contribution in [-0.2, 0) is 22.8 Å². The molecule has 0 unspecified atom stereocenters. The lowest BCUT2D eigenvalue weighted by Gasteiger charge is -2.29. The van der Waals surface area contributed by atoms with E-state index in [0.717, 1.165) is 37.8 Å². The largest absolute Gasteiger partial charge is 0.461 e. The Morgan fingerprint density at radius 3 is 2.52 bits per heavy atom. The van der Waals surface area contributed by atoms with Crippen molar-refractivity contribution < 1.29 is 27.4 Å². The average molecular weight is 412 g/mol. The molecule has 0 spiro atoms. The SMILES string of the molecule is CC(=O)C[C@@H](C)COC1CCC(Oc2nc3ccc(C(F)(F)F)cc3n2C)CC1. The Morgan fingerprint density at radius 1 is 1.24 bits per heavy atom. The molecule has 160 valence electrons. The van der Waals surface area contributed by atoms with E-state index >= 15 is 0 Å². The molecule has 2 aromatic rings. The van der Waals surface area contributed by atoms with Crippen molar-refractivity contribution in [3.8, 4) is 6.01 Å². The van der Waals surface area contributed by atoms with Crippen LogP contribution in [0.25, 0.3) is 11.0 Å². The number of imidazole rings is 1. The van der Waals surface area contributed by atoms with Crippen molar-refractivity contribution >= 4 is 16.8 Å². The van der Waals surface area contributed by atoms with Gasteiger partial charge in [-0.1, -0.05) is 6.92 Å². The summed E-state index contributed by atoms with van der Waals surface area (Å²) in [6.45, 7) is 4.16. The highest BCUT2D eigenvalue weighted by Gasteiger charge is 2.31. The van der Waals surface area contributed by atoms with Crippen LogP contribution in [0.1, 0.15) is 51.5 Å². The van der Waals surface area contributed by atoms with Crippen molar-refractivity contribution in [2.45, 2.75) is 64.3 Å². The van der Waals surface area contributed by atoms with Gasteiger partial charge in [0.25, 0.3) is 6.01 Å². The summed E-state index contributed by atoms with van der Waals surface area (Å²) in [5.74, 6) is 0.381. The van der Waals surface area contributed by atoms with Gasteiger partial charge in [-0.15, -0.1) is 0 Å². The van der Waals surface area contributed by atoms with Crippen LogP contribution >= 0.6 is 0 Å². The summed E-state index contributed by atoms with van der Waals surface area (Å²) >= 11 is 0. The Kier molecular flexibility index (Phi) is 6.51. The normalized spacial score (nSPS) is 21.3. The van der Waals surface area contributed by atoms with Gasteiger partial charge in [0, 0.05) is 20.1 Å². The second-order valence-electron chi connectivity index (χ2n) is 8.02. The van der Waals surface area contributed by atoms with Crippen molar-refractivity contribution in [1.29, 1.82) is 0 Å². The second kappa shape index (κ2) is 8.73. The number of hydrogen-bond acceptors (Lipinski definition) is 4. The highest BCUT2D eigenvalue weighted by atomic mass is 19.4. The zero-order valence-electron chi connectivity index (χ0n) is 17.0. The number of aromatic nitrogens is 2. The smallest absolute Gasteiger partial charge is 0.416 e. The van der Waals surface area contributed by atoms with E-state index in [1.54, 1.807) is 18.5 Å². The first kappa shape index (κ1) is 21.6. The van der Waals surface area contributed by atoms with Crippen LogP contribution in [0, 0.1) is 5.92 Å². The van der Waals surface area contributed by atoms with Crippen molar-refractivity contribution in [1.82, 2.24) is 9.55 Å². The summed E-state index contributed by atoms with van der Waals surface area (Å²) in [6, 6.07) is 3.84. The molecule has 0 radical (unpaired) electrons. The Hall–Kier alpha value is -2.09. The molecule has 1 saturated carbocycles. The number of nitrogens with zero attached hydrogens (tertiary/aromatic N) is 2. The number of ether oxygens (including phenoxy) is 2. The fourth-order valence-corrected chi connectivity index (χ4v) is 3.77. The molecule has 5 nitrogen and oxygen atoms in total. The maximum atomic E-state index is 12.9. The summed E-state index contributed by atoms with van der Waals surface area (Å²) in [6.07, 6.45) is -0.465. The number of aryl methyl sites for hydroxylation is 1. The molecule has 1 aromatic carbocycles. The summed E-state index contributed by atoms with van der Waals surface area (Å²) in [5.41, 5.74) is 0.175. The molecule has 0 N–H and O–H groups in total. The van der Waals surface area contributed by atoms with Crippen LogP contribution in [0.15, 0.2) is 18.2 Å². The van der Waals surface area contributed by atoms with E-state index in [1.807, 2.05) is 6.92 Å². The number of halogens is 3. The standard InChI is InChI=1S/C21H27F3N2O3/c1-13(10-14(2)27)12-28-16-5-7-17(8-6-16)29-20-25-18-9-4-15(21(22,23)24)11-19(18)26(20)3/h4,9,11,13,16-17H,5-8,10,12H2,1-3H3/t13-,16?,17?/m1/s1. The number of hydrogen-bond donors (Lipinski definition) is 0. The van der Waals surface area contributed by atoms with E-state index < -0.39 is 11.7 Å². The molecule has 0 saturated heterocycles. The zero-order chi connectivity index (χ0) is 21.2. The number of ketones is 1. The van der Waals surface area contributed by atoms with E-state index in [1.165, 1.54) is 6.07 Å². The number of Topliss-reactive ketones (excluding diaryl/α,β-unsaturated/α-hetero) is 1. The molecule has 0 aliphatic heterocycles. The van der Waals surface area contributed by atoms with Crippen LogP contribution in [0.5, 0.6) is 6.01 Å². The summed E-state index contributed by atoms with van der Waals surface area (Å²) < 4.78 is 52.3. The topological polar surface area (TPSA) is 53.4 Å². The van der Waals surface area contributed by atoms with Crippen molar-refractivity contribution in [3.05, 3.63) is 23.8 Å². The fraction of sp³-hybridized carbons (Fsp3) is 0.619. The Morgan fingerprint density at radius 2 is 1.90 bits per heavy atom. The third kappa shape index (κ3) is 5.50. The predicted molar refractivity (Wildman–Crippen MR) is 103 cm³/mol. The Labute approximate surface area is 168 Å². The van der Waals surface area contributed by atoms with Gasteiger partial charge in [-0.2, -0.15) is 18.2 Å². The lowest BCUT2D eigenvalue weighted by molar-refractivity contribution is -0.137. The number of carbonyl (C=O) groups excluding carboxylic acids is 1. The maximum Gasteiger partial charge on any atom is 0.416 e. The van der Waals surface area contributed by atoms with E-state index in [4.69, 9.17) is 9.47 Å². The molecule has 0 bridgehead atoms. The van der Waals surface area contributed by atoms with Gasteiger partial charge in [-0.25, -0.2) is 0 Å². The third-order valence-corrected chi connectivity index (χ3v) is 5.31. The van der Waals surface area contributed by atoms with Crippen LogP contribution in [-0.4, -0.2) is 34.1 Å². The van der Waals surface area contributed by atoms with E-state index in [0.29, 0.717) is 30.1 Å². The maximum absolute atomic E-state index is 12.9. The Bertz CT molecular complexity index is 855. The van der Waals surface area contributed by atoms with Crippen LogP contribution in [0.2, 0.25) is 0 Å². The minimum absolute atomic E-state index is 0.0397. The summed E-state index contributed by atoms with van der Waals surface area (Å²) in [7, 11) is 1.66. The van der Waals surface area contributed by atoms with E-state index in [9.17, 15) is 18.0 Å². The number of fused-ring (bicyclic) bond motifs is 1. The molecule has 1 atom stereocenters. The first-order valence-corrected chi connectivity index (χ1v) is 9.95. The zero-order valence-corrected chi connectivity index (χ0v) is 17.0. The number of rotatable bonds is 7. The van der Waals surface area contributed by atoms with Gasteiger partial charge in [0.1, 0.15) is 11.9 Å². The molecule has 1 aliphatic rings. The van der Waals surface area contributed by atoms with Gasteiger partial charge in [0.2, 0.25) is 0 Å². The first-order chi connectivity index (χ1) is 13.6. The molecule has 0 amide bonds. The van der Waals surface area contributed by atoms with Gasteiger partial charge in [-0.3, -0.25) is 4.57 Å². The van der Waals surface area contributed by atoms with E-state index in [-0.39, 0.29) is 23.9 Å². The minimum Gasteiger partial charge on any atom is -0.461 e. The quantitative estimate of drug-likeness (QED) is 0.648. The second-order valence-corrected chi connectivity index (χ2v) is 8.02. The minimum atomic E-state index is -4.39. The predicted octanol–water partition coefficient (Wildman–Crippen LogP) is 4.91. The molecule has 3 rings (SSSR count). The molecule has 1 aromatic heterocycles. The number of alkyl halides is 3. The molecule has 1 aliphatic carbocycles. The molecule has 29 heavy (non-hydrogen) atoms. The van der Waals surface area contributed by atoms with E-state index in [2.05, 4.69) is 4.98 Å². The van der Waals surface area contributed by atoms with Crippen molar-refractivity contribution in [2.75, 3.05) is 6.61 Å². The molecule has 1 fully saturated rings. The number of benzene rings is 1. The summed E-state index contributed by atoms with van der Waals surface area (Å²) in [5, 5.41) is 0. The third-order valence-electron chi connectivity index (χ3n) is 5.31. The lowest BCUT2D eigenvalue weighted by atomic mass is 9.95. The van der Waals surface area contributed by atoms with Gasteiger partial charge >= 0.3 is 6.18 Å². The van der Waals surface area contributed by atoms with Gasteiger partial charge in [0.05, 0.1) is 22.7 Å². The number of carbonyl (C=O) groups is 1. The van der Waals surface area contributed by atoms with Crippen molar-refractivity contribution in [3.63, 3.8) is 0 Å². The first-order valence-electron chi connectivity index (χ1n) is 9.95. The highest BCUT2D eigenvalue weighted by molar-refractivity contribution is 5.77. The monoisotopic (exact) mass is 412 g/mol. The van der Waals surface area contributed by atoms with Gasteiger partial charge in [-0.05, 0) is 56.7 Å². The molecule has 8 heteroatoms. The van der Waals surface area contributed by atoms with Gasteiger partial charge < -0.3 is 14.3 Å². The van der Waals surface area contributed by atoms with Crippen LogP contribution < -0.4 is 4.74 Å². The lowest BCUT2D eigenvalue weighted by Crippen LogP contribution is -2.30. The van der Waals surface area contributed by atoms with Crippen LogP contribution in [0.3, 0.4) is 0 Å². The Balaban J connectivity index is 1.56. The van der Waals surface area contributed by atoms with Crippen LogP contribution in [0.4, 0.5) is 13.2 Å². The molecule has 1 heterocycles. The van der Waals surface area contributed by atoms with Gasteiger partial charge in [0.15, 0.2) is 0 Å². The average Bonchev–Trinajstić information content (AvgIpc) is 2.95.